The van der Waals surface area contributed by atoms with E-state index < -0.39 is 23.5 Å². The van der Waals surface area contributed by atoms with Gasteiger partial charge in [-0.25, -0.2) is 0 Å². The van der Waals surface area contributed by atoms with Crippen molar-refractivity contribution in [2.75, 3.05) is 24.5 Å². The van der Waals surface area contributed by atoms with Gasteiger partial charge in [0.15, 0.2) is 0 Å². The quantitative estimate of drug-likeness (QED) is 0.776. The second-order valence-electron chi connectivity index (χ2n) is 5.50. The second-order valence-corrected chi connectivity index (χ2v) is 5.50. The third-order valence-electron chi connectivity index (χ3n) is 3.94. The van der Waals surface area contributed by atoms with Crippen LogP contribution in [-0.2, 0) is 5.60 Å². The molecule has 10 heteroatoms. The Balaban J connectivity index is 0.00000288. The molecular formula is C14H17ClF6N2O. The lowest BCUT2D eigenvalue weighted by molar-refractivity contribution is -0.376. The van der Waals surface area contributed by atoms with Gasteiger partial charge in [-0.15, -0.1) is 12.4 Å². The smallest absolute Gasteiger partial charge is 0.369 e. The molecule has 0 aromatic heterocycles. The van der Waals surface area contributed by atoms with Crippen molar-refractivity contribution in [3.8, 4) is 0 Å². The first-order valence-corrected chi connectivity index (χ1v) is 6.92. The van der Waals surface area contributed by atoms with Crippen molar-refractivity contribution in [2.45, 2.75) is 30.9 Å². The van der Waals surface area contributed by atoms with Crippen molar-refractivity contribution in [3.05, 3.63) is 29.8 Å². The Morgan fingerprint density at radius 2 is 1.54 bits per heavy atom. The number of benzene rings is 1. The van der Waals surface area contributed by atoms with Crippen molar-refractivity contribution in [1.82, 2.24) is 5.32 Å². The first-order chi connectivity index (χ1) is 10.5. The van der Waals surface area contributed by atoms with E-state index in [9.17, 15) is 31.4 Å². The molecule has 3 nitrogen and oxygen atoms in total. The fourth-order valence-corrected chi connectivity index (χ4v) is 2.61. The molecule has 0 radical (unpaired) electrons. The monoisotopic (exact) mass is 378 g/mol. The minimum absolute atomic E-state index is 0. The highest BCUT2D eigenvalue weighted by atomic mass is 35.5. The van der Waals surface area contributed by atoms with E-state index in [1.165, 1.54) is 12.1 Å². The van der Waals surface area contributed by atoms with E-state index >= 15 is 0 Å². The Kier molecular flexibility index (Phi) is 6.06. The summed E-state index contributed by atoms with van der Waals surface area (Å²) in [5, 5.41) is 12.5. The minimum atomic E-state index is -5.87. The molecule has 1 fully saturated rings. The average Bonchev–Trinajstić information content (AvgIpc) is 2.45. The molecule has 1 heterocycles. The number of halogens is 7. The highest BCUT2D eigenvalue weighted by molar-refractivity contribution is 5.85. The molecule has 0 aliphatic carbocycles. The number of hydrogen-bond donors (Lipinski definition) is 2. The highest BCUT2D eigenvalue weighted by Gasteiger charge is 2.71. The summed E-state index contributed by atoms with van der Waals surface area (Å²) in [7, 11) is 0. The number of nitrogens with zero attached hydrogens (tertiary/aromatic N) is 1. The van der Waals surface area contributed by atoms with Gasteiger partial charge in [0.05, 0.1) is 0 Å². The predicted octanol–water partition coefficient (Wildman–Crippen LogP) is 3.22. The number of aliphatic hydroxyl groups is 1. The summed E-state index contributed by atoms with van der Waals surface area (Å²) in [5.41, 5.74) is -5.62. The molecule has 2 N–H and O–H groups in total. The van der Waals surface area contributed by atoms with E-state index in [2.05, 4.69) is 5.32 Å². The number of anilines is 1. The molecule has 24 heavy (non-hydrogen) atoms. The molecular weight excluding hydrogens is 362 g/mol. The van der Waals surface area contributed by atoms with Gasteiger partial charge in [0.2, 0.25) is 0 Å². The van der Waals surface area contributed by atoms with Gasteiger partial charge in [0, 0.05) is 36.9 Å². The lowest BCUT2D eigenvalue weighted by Gasteiger charge is -2.37. The predicted molar refractivity (Wildman–Crippen MR) is 79.4 cm³/mol. The van der Waals surface area contributed by atoms with Crippen LogP contribution in [0.1, 0.15) is 12.5 Å². The Hall–Kier alpha value is -1.19. The summed E-state index contributed by atoms with van der Waals surface area (Å²) in [6.45, 7) is 3.81. The van der Waals surface area contributed by atoms with Crippen molar-refractivity contribution in [3.63, 3.8) is 0 Å². The SMILES string of the molecule is CC1CNCCN1c1ccc(C(O)(C(F)(F)F)C(F)(F)F)cc1.Cl. The van der Waals surface area contributed by atoms with Crippen LogP contribution in [0.5, 0.6) is 0 Å². The maximum atomic E-state index is 12.8. The summed E-state index contributed by atoms with van der Waals surface area (Å²) in [5.74, 6) is 0. The molecule has 1 aromatic rings. The Bertz CT molecular complexity index is 532. The first-order valence-electron chi connectivity index (χ1n) is 6.92. The summed E-state index contributed by atoms with van der Waals surface area (Å²) < 4.78 is 76.9. The molecule has 0 saturated carbocycles. The van der Waals surface area contributed by atoms with Crippen LogP contribution < -0.4 is 10.2 Å². The number of hydrogen-bond acceptors (Lipinski definition) is 3. The zero-order valence-corrected chi connectivity index (χ0v) is 13.4. The van der Waals surface area contributed by atoms with Gasteiger partial charge in [0.25, 0.3) is 5.60 Å². The zero-order valence-electron chi connectivity index (χ0n) is 12.6. The molecule has 1 aromatic carbocycles. The van der Waals surface area contributed by atoms with E-state index in [0.717, 1.165) is 0 Å². The molecule has 1 aliphatic rings. The minimum Gasteiger partial charge on any atom is -0.369 e. The van der Waals surface area contributed by atoms with Crippen LogP contribution in [0.15, 0.2) is 24.3 Å². The van der Waals surface area contributed by atoms with Gasteiger partial charge in [-0.1, -0.05) is 12.1 Å². The standard InChI is InChI=1S/C14H16F6N2O.ClH/c1-9-8-21-6-7-22(9)11-4-2-10(3-5-11)12(23,13(15,16)17)14(18,19)20;/h2-5,9,21,23H,6-8H2,1H3;1H. The fourth-order valence-electron chi connectivity index (χ4n) is 2.61. The summed E-state index contributed by atoms with van der Waals surface area (Å²) >= 11 is 0. The van der Waals surface area contributed by atoms with Gasteiger partial charge in [0.1, 0.15) is 0 Å². The molecule has 1 unspecified atom stereocenters. The van der Waals surface area contributed by atoms with E-state index in [4.69, 9.17) is 0 Å². The maximum Gasteiger partial charge on any atom is 0.430 e. The second kappa shape index (κ2) is 6.97. The Labute approximate surface area is 141 Å². The van der Waals surface area contributed by atoms with E-state index in [1.807, 2.05) is 11.8 Å². The van der Waals surface area contributed by atoms with Gasteiger partial charge >= 0.3 is 12.4 Å². The van der Waals surface area contributed by atoms with Crippen molar-refractivity contribution >= 4 is 18.1 Å². The van der Waals surface area contributed by atoms with Crippen LogP contribution in [0.3, 0.4) is 0 Å². The van der Waals surface area contributed by atoms with Crippen LogP contribution in [-0.4, -0.2) is 43.1 Å². The Morgan fingerprint density at radius 3 is 1.96 bits per heavy atom. The van der Waals surface area contributed by atoms with Crippen molar-refractivity contribution < 1.29 is 31.4 Å². The van der Waals surface area contributed by atoms with Crippen LogP contribution in [0, 0.1) is 0 Å². The molecule has 138 valence electrons. The number of piperazine rings is 1. The van der Waals surface area contributed by atoms with Crippen LogP contribution in [0.4, 0.5) is 32.0 Å². The van der Waals surface area contributed by atoms with Crippen LogP contribution in [0.25, 0.3) is 0 Å². The normalized spacial score (nSPS) is 19.8. The molecule has 1 saturated heterocycles. The molecule has 0 amide bonds. The zero-order chi connectivity index (χ0) is 17.5. The lowest BCUT2D eigenvalue weighted by Crippen LogP contribution is -2.54. The molecule has 0 spiro atoms. The van der Waals surface area contributed by atoms with Crippen LogP contribution >= 0.6 is 12.4 Å². The number of alkyl halides is 6. The number of nitrogens with one attached hydrogen (secondary N) is 1. The van der Waals surface area contributed by atoms with Gasteiger partial charge in [-0.3, -0.25) is 0 Å². The highest BCUT2D eigenvalue weighted by Crippen LogP contribution is 2.50. The average molecular weight is 379 g/mol. The summed E-state index contributed by atoms with van der Waals surface area (Å²) in [6, 6.07) is 3.73. The molecule has 1 atom stereocenters. The van der Waals surface area contributed by atoms with Crippen LogP contribution in [0.2, 0.25) is 0 Å². The summed E-state index contributed by atoms with van der Waals surface area (Å²) in [4.78, 5) is 1.88. The van der Waals surface area contributed by atoms with Gasteiger partial charge < -0.3 is 15.3 Å². The fraction of sp³-hybridized carbons (Fsp3) is 0.571. The van der Waals surface area contributed by atoms with Crippen molar-refractivity contribution in [2.24, 2.45) is 0 Å². The number of rotatable bonds is 2. The third-order valence-corrected chi connectivity index (χ3v) is 3.94. The first kappa shape index (κ1) is 20.9. The summed E-state index contributed by atoms with van der Waals surface area (Å²) in [6.07, 6.45) is -11.7. The Morgan fingerprint density at radius 1 is 1.04 bits per heavy atom. The van der Waals surface area contributed by atoms with E-state index in [-0.39, 0.29) is 18.4 Å². The van der Waals surface area contributed by atoms with Gasteiger partial charge in [-0.05, 0) is 19.1 Å². The topological polar surface area (TPSA) is 35.5 Å². The largest absolute Gasteiger partial charge is 0.430 e. The molecule has 2 rings (SSSR count). The van der Waals surface area contributed by atoms with E-state index in [0.29, 0.717) is 37.5 Å². The van der Waals surface area contributed by atoms with E-state index in [1.54, 1.807) is 0 Å². The van der Waals surface area contributed by atoms with Gasteiger partial charge in [-0.2, -0.15) is 26.3 Å². The van der Waals surface area contributed by atoms with Crippen molar-refractivity contribution in [1.29, 1.82) is 0 Å². The molecule has 1 aliphatic heterocycles. The molecule has 0 bridgehead atoms. The third kappa shape index (κ3) is 3.57. The lowest BCUT2D eigenvalue weighted by atomic mass is 9.92. The maximum absolute atomic E-state index is 12.8.